The molecule has 1 N–H and O–H groups in total. The average molecular weight is 749 g/mol. The van der Waals surface area contributed by atoms with Gasteiger partial charge in [0.15, 0.2) is 29.6 Å². The highest BCUT2D eigenvalue weighted by atomic mass is 16.5. The fraction of sp³-hybridized carbons (Fsp3) is 0.500. The molecular weight excluding hydrogens is 692 g/mol. The molecule has 1 aliphatic rings. The number of carbonyl (C=O) groups excluding carboxylic acids is 3. The number of nitrogens with zero attached hydrogens (tertiary/aromatic N) is 1. The second-order valence-corrected chi connectivity index (χ2v) is 13.2. The molecule has 0 aliphatic carbocycles. The second kappa shape index (κ2) is 20.9. The van der Waals surface area contributed by atoms with Crippen molar-refractivity contribution in [2.24, 2.45) is 0 Å². The fourth-order valence-corrected chi connectivity index (χ4v) is 6.73. The van der Waals surface area contributed by atoms with E-state index in [0.717, 1.165) is 36.8 Å². The Morgan fingerprint density at radius 2 is 1.48 bits per heavy atom. The molecule has 12 heteroatoms. The molecule has 1 heterocycles. The maximum Gasteiger partial charge on any atom is 0.329 e. The predicted octanol–water partition coefficient (Wildman–Crippen LogP) is 6.82. The third-order valence-corrected chi connectivity index (χ3v) is 9.73. The molecule has 0 bridgehead atoms. The van der Waals surface area contributed by atoms with Crippen molar-refractivity contribution in [3.05, 3.63) is 71.3 Å². The molecule has 0 radical (unpaired) electrons. The van der Waals surface area contributed by atoms with Gasteiger partial charge in [0.25, 0.3) is 5.91 Å². The topological polar surface area (TPSA) is 131 Å². The summed E-state index contributed by atoms with van der Waals surface area (Å²) in [5, 5.41) is 2.85. The van der Waals surface area contributed by atoms with Gasteiger partial charge in [0.05, 0.1) is 41.5 Å². The van der Waals surface area contributed by atoms with E-state index in [1.165, 1.54) is 21.3 Å². The lowest BCUT2D eigenvalue weighted by atomic mass is 9.91. The lowest BCUT2D eigenvalue weighted by Gasteiger charge is -2.37. The number of likely N-dealkylation sites (tertiary alicyclic amines) is 1. The number of esters is 1. The number of hydrogen-bond donors (Lipinski definition) is 1. The predicted molar refractivity (Wildman–Crippen MR) is 205 cm³/mol. The average Bonchev–Trinajstić information content (AvgIpc) is 3.21. The number of nitrogens with one attached hydrogen (secondary N) is 1. The van der Waals surface area contributed by atoms with Gasteiger partial charge in [0, 0.05) is 13.1 Å². The van der Waals surface area contributed by atoms with Crippen LogP contribution in [0.4, 0.5) is 0 Å². The molecule has 3 aromatic carbocycles. The van der Waals surface area contributed by atoms with Gasteiger partial charge in [0.1, 0.15) is 17.9 Å². The van der Waals surface area contributed by atoms with Crippen LogP contribution in [0.15, 0.2) is 54.6 Å². The number of hydrogen-bond acceptors (Lipinski definition) is 10. The summed E-state index contributed by atoms with van der Waals surface area (Å²) in [4.78, 5) is 42.4. The van der Waals surface area contributed by atoms with E-state index in [1.807, 2.05) is 37.3 Å². The van der Waals surface area contributed by atoms with E-state index in [4.69, 9.17) is 33.2 Å². The molecule has 3 aromatic rings. The largest absolute Gasteiger partial charge is 0.493 e. The van der Waals surface area contributed by atoms with Crippen molar-refractivity contribution in [1.82, 2.24) is 10.2 Å². The number of aryl methyl sites for hydroxylation is 1. The van der Waals surface area contributed by atoms with Crippen molar-refractivity contribution in [1.29, 1.82) is 0 Å². The summed E-state index contributed by atoms with van der Waals surface area (Å²) < 4.78 is 39.6. The molecule has 12 nitrogen and oxygen atoms in total. The Hall–Kier alpha value is -5.13. The first-order chi connectivity index (χ1) is 26.2. The van der Waals surface area contributed by atoms with Crippen LogP contribution < -0.4 is 33.7 Å². The minimum atomic E-state index is -0.750. The van der Waals surface area contributed by atoms with Crippen LogP contribution in [-0.2, 0) is 25.5 Å². The highest BCUT2D eigenvalue weighted by Crippen LogP contribution is 2.41. The lowest BCUT2D eigenvalue weighted by molar-refractivity contribution is -0.162. The van der Waals surface area contributed by atoms with Gasteiger partial charge in [-0.25, -0.2) is 4.79 Å². The molecule has 1 saturated heterocycles. The summed E-state index contributed by atoms with van der Waals surface area (Å²) in [6, 6.07) is 15.8. The quantitative estimate of drug-likeness (QED) is 0.0971. The van der Waals surface area contributed by atoms with Crippen molar-refractivity contribution in [3.63, 3.8) is 0 Å². The van der Waals surface area contributed by atoms with Gasteiger partial charge < -0.3 is 43.4 Å². The van der Waals surface area contributed by atoms with Crippen LogP contribution >= 0.6 is 0 Å². The zero-order chi connectivity index (χ0) is 39.0. The van der Waals surface area contributed by atoms with E-state index < -0.39 is 24.0 Å². The summed E-state index contributed by atoms with van der Waals surface area (Å²) in [5.74, 6) is 1.77. The van der Waals surface area contributed by atoms with Crippen molar-refractivity contribution in [2.45, 2.75) is 83.3 Å². The lowest BCUT2D eigenvalue weighted by Crippen LogP contribution is -2.50. The van der Waals surface area contributed by atoms with Gasteiger partial charge in [0.2, 0.25) is 11.7 Å². The van der Waals surface area contributed by atoms with E-state index in [0.29, 0.717) is 78.8 Å². The standard InChI is InChI=1S/C42H56N2O10/c1-8-10-22-43-39(45)27-53-31-18-16-29(17-19-31)34(20-14-28-15-21-35(48-3)36(24-28)49-4)54-42(47)33-13-11-12-23-44(33)41(46)32(9-2)30-25-37(50-5)40(52-7)38(26-30)51-6/h15-19,21,24-26,32-34H,8-14,20,22-23,27H2,1-7H3,(H,43,45)/t32-,33-,34+/m0/s1. The van der Waals surface area contributed by atoms with Crippen LogP contribution in [0, 0.1) is 0 Å². The monoisotopic (exact) mass is 748 g/mol. The summed E-state index contributed by atoms with van der Waals surface area (Å²) in [6.45, 7) is 4.96. The smallest absolute Gasteiger partial charge is 0.329 e. The molecule has 1 aliphatic heterocycles. The number of piperidine rings is 1. The van der Waals surface area contributed by atoms with Gasteiger partial charge in [-0.1, -0.05) is 38.5 Å². The van der Waals surface area contributed by atoms with E-state index in [1.54, 1.807) is 43.4 Å². The normalized spacial score (nSPS) is 15.0. The maximum atomic E-state index is 14.3. The number of carbonyl (C=O) groups is 3. The van der Waals surface area contributed by atoms with Crippen LogP contribution in [0.1, 0.15) is 87.5 Å². The van der Waals surface area contributed by atoms with Crippen molar-refractivity contribution < 1.29 is 47.5 Å². The van der Waals surface area contributed by atoms with E-state index in [9.17, 15) is 14.4 Å². The van der Waals surface area contributed by atoms with Gasteiger partial charge in [-0.2, -0.15) is 0 Å². The van der Waals surface area contributed by atoms with Crippen molar-refractivity contribution >= 4 is 17.8 Å². The van der Waals surface area contributed by atoms with Crippen LogP contribution in [0.2, 0.25) is 0 Å². The molecule has 3 atom stereocenters. The molecular formula is C42H56N2O10. The Morgan fingerprint density at radius 3 is 2.09 bits per heavy atom. The van der Waals surface area contributed by atoms with Gasteiger partial charge in [-0.15, -0.1) is 0 Å². The van der Waals surface area contributed by atoms with E-state index in [2.05, 4.69) is 12.2 Å². The number of rotatable bonds is 20. The third kappa shape index (κ3) is 10.7. The number of unbranched alkanes of at least 4 members (excludes halogenated alkanes) is 1. The highest BCUT2D eigenvalue weighted by Gasteiger charge is 2.38. The molecule has 1 fully saturated rings. The number of methoxy groups -OCH3 is 5. The molecule has 54 heavy (non-hydrogen) atoms. The van der Waals surface area contributed by atoms with Gasteiger partial charge >= 0.3 is 5.97 Å². The van der Waals surface area contributed by atoms with Crippen molar-refractivity contribution in [2.75, 3.05) is 55.2 Å². The van der Waals surface area contributed by atoms with Crippen LogP contribution in [0.5, 0.6) is 34.5 Å². The van der Waals surface area contributed by atoms with Crippen LogP contribution in [0.25, 0.3) is 0 Å². The Bertz CT molecular complexity index is 1650. The van der Waals surface area contributed by atoms with Crippen LogP contribution in [-0.4, -0.2) is 84.0 Å². The Morgan fingerprint density at radius 1 is 0.796 bits per heavy atom. The second-order valence-electron chi connectivity index (χ2n) is 13.2. The third-order valence-electron chi connectivity index (χ3n) is 9.73. The molecule has 0 unspecified atom stereocenters. The molecule has 0 saturated carbocycles. The van der Waals surface area contributed by atoms with Gasteiger partial charge in [-0.3, -0.25) is 9.59 Å². The van der Waals surface area contributed by atoms with E-state index >= 15 is 0 Å². The molecule has 0 aromatic heterocycles. The Kier molecular flexibility index (Phi) is 16.1. The number of benzene rings is 3. The maximum absolute atomic E-state index is 14.3. The van der Waals surface area contributed by atoms with E-state index in [-0.39, 0.29) is 18.4 Å². The number of amides is 2. The number of ether oxygens (including phenoxy) is 7. The minimum Gasteiger partial charge on any atom is -0.493 e. The zero-order valence-corrected chi connectivity index (χ0v) is 32.7. The zero-order valence-electron chi connectivity index (χ0n) is 32.7. The summed E-state index contributed by atoms with van der Waals surface area (Å²) in [5.41, 5.74) is 2.46. The summed E-state index contributed by atoms with van der Waals surface area (Å²) in [7, 11) is 7.79. The first kappa shape index (κ1) is 41.6. The van der Waals surface area contributed by atoms with Crippen LogP contribution in [0.3, 0.4) is 0 Å². The first-order valence-corrected chi connectivity index (χ1v) is 18.7. The highest BCUT2D eigenvalue weighted by molar-refractivity contribution is 5.89. The first-order valence-electron chi connectivity index (χ1n) is 18.7. The molecule has 0 spiro atoms. The molecule has 2 amide bonds. The van der Waals surface area contributed by atoms with Crippen molar-refractivity contribution in [3.8, 4) is 34.5 Å². The Balaban J connectivity index is 1.57. The minimum absolute atomic E-state index is 0.0961. The van der Waals surface area contributed by atoms with Gasteiger partial charge in [-0.05, 0) is 98.0 Å². The molecule has 4 rings (SSSR count). The SMILES string of the molecule is CCCCNC(=O)COc1ccc([C@@H](CCc2ccc(OC)c(OC)c2)OC(=O)[C@@H]2CCCCN2C(=O)[C@@H](CC)c2cc(OC)c(OC)c(OC)c2)cc1. The summed E-state index contributed by atoms with van der Waals surface area (Å²) >= 11 is 0. The molecule has 294 valence electrons. The Labute approximate surface area is 319 Å². The fourth-order valence-electron chi connectivity index (χ4n) is 6.73. The summed E-state index contributed by atoms with van der Waals surface area (Å²) in [6.07, 6.45) is 4.86.